The van der Waals surface area contributed by atoms with Crippen LogP contribution in [-0.2, 0) is 0 Å². The fourth-order valence-electron chi connectivity index (χ4n) is 0.334. The van der Waals surface area contributed by atoms with Gasteiger partial charge in [-0.1, -0.05) is 0 Å². The zero-order valence-corrected chi connectivity index (χ0v) is 8.57. The molecule has 0 fully saturated rings. The predicted octanol–water partition coefficient (Wildman–Crippen LogP) is -2.41. The van der Waals surface area contributed by atoms with Crippen molar-refractivity contribution in [1.29, 1.82) is 0 Å². The molecule has 4 nitrogen and oxygen atoms in total. The molecular weight excluding hydrogens is 188 g/mol. The van der Waals surface area contributed by atoms with E-state index in [1.165, 1.54) is 0 Å². The second-order valence-electron chi connectivity index (χ2n) is 1.21. The van der Waals surface area contributed by atoms with Crippen LogP contribution in [0.2, 0.25) is 10.6 Å². The topological polar surface area (TPSA) is 58.6 Å². The van der Waals surface area contributed by atoms with Crippen molar-refractivity contribution < 1.29 is 31.0 Å². The van der Waals surface area contributed by atoms with Gasteiger partial charge in [-0.15, -0.1) is 0 Å². The summed E-state index contributed by atoms with van der Waals surface area (Å²) >= 11 is 10.5. The first-order chi connectivity index (χ1) is 4.18. The van der Waals surface area contributed by atoms with Gasteiger partial charge in [0.25, 0.3) is 0 Å². The van der Waals surface area contributed by atoms with Crippen LogP contribution in [0.1, 0.15) is 1.43 Å². The van der Waals surface area contributed by atoms with E-state index in [2.05, 4.69) is 15.0 Å². The first kappa shape index (κ1) is 10.4. The molecule has 0 saturated heterocycles. The summed E-state index contributed by atoms with van der Waals surface area (Å²) in [6, 6.07) is 0. The van der Waals surface area contributed by atoms with E-state index in [0.29, 0.717) is 0 Å². The van der Waals surface area contributed by atoms with Crippen LogP contribution in [0.4, 0.5) is 0 Å². The molecule has 10 heavy (non-hydrogen) atoms. The Hall–Kier alpha value is 0.390. The van der Waals surface area contributed by atoms with E-state index in [0.717, 1.165) is 0 Å². The number of nitrogens with one attached hydrogen (secondary N) is 1. The average Bonchev–Trinajstić information content (AvgIpc) is 1.59. The molecule has 0 aliphatic heterocycles. The van der Waals surface area contributed by atoms with Gasteiger partial charge in [-0.05, 0) is 23.2 Å². The van der Waals surface area contributed by atoms with Crippen LogP contribution in [0.3, 0.4) is 0 Å². The molecule has 50 valence electrons. The molecule has 0 radical (unpaired) electrons. The van der Waals surface area contributed by atoms with Gasteiger partial charge in [0.1, 0.15) is 0 Å². The minimum absolute atomic E-state index is 0. The zero-order chi connectivity index (χ0) is 6.85. The van der Waals surface area contributed by atoms with Gasteiger partial charge in [0.05, 0.1) is 0 Å². The maximum Gasteiger partial charge on any atom is 1.00 e. The zero-order valence-electron chi connectivity index (χ0n) is 6.06. The normalized spacial score (nSPS) is 8.60. The van der Waals surface area contributed by atoms with Crippen LogP contribution in [0.25, 0.3) is 0 Å². The van der Waals surface area contributed by atoms with Gasteiger partial charge in [-0.2, -0.15) is 9.97 Å². The molecule has 0 aromatic carbocycles. The van der Waals surface area contributed by atoms with Gasteiger partial charge in [-0.25, -0.2) is 4.79 Å². The summed E-state index contributed by atoms with van der Waals surface area (Å²) in [5.41, 5.74) is -0.597. The molecule has 7 heteroatoms. The van der Waals surface area contributed by atoms with Gasteiger partial charge < -0.3 is 1.43 Å². The van der Waals surface area contributed by atoms with Crippen molar-refractivity contribution in [2.75, 3.05) is 0 Å². The van der Waals surface area contributed by atoms with Crippen molar-refractivity contribution in [3.8, 4) is 0 Å². The number of nitrogens with zero attached hydrogens (tertiary/aromatic N) is 2. The van der Waals surface area contributed by atoms with Crippen molar-refractivity contribution in [2.24, 2.45) is 0 Å². The number of hydrogen-bond acceptors (Lipinski definition) is 3. The van der Waals surface area contributed by atoms with Gasteiger partial charge >= 0.3 is 35.2 Å². The van der Waals surface area contributed by atoms with Crippen molar-refractivity contribution >= 4 is 23.2 Å². The minimum Gasteiger partial charge on any atom is -1.00 e. The predicted molar refractivity (Wildman–Crippen MR) is 33.8 cm³/mol. The van der Waals surface area contributed by atoms with Crippen molar-refractivity contribution in [1.82, 2.24) is 15.0 Å². The van der Waals surface area contributed by atoms with Gasteiger partial charge in [0, 0.05) is 0 Å². The van der Waals surface area contributed by atoms with E-state index >= 15 is 0 Å². The molecule has 0 amide bonds. The maximum atomic E-state index is 10.3. The number of aromatic nitrogens is 3. The molecule has 1 aromatic rings. The molecule has 1 rings (SSSR count). The van der Waals surface area contributed by atoms with Crippen molar-refractivity contribution in [2.45, 2.75) is 0 Å². The average molecular weight is 190 g/mol. The van der Waals surface area contributed by atoms with Crippen molar-refractivity contribution in [3.05, 3.63) is 21.1 Å². The fourth-order valence-corrected chi connectivity index (χ4v) is 0.699. The number of hydrogen-bond donors (Lipinski definition) is 1. The Morgan fingerprint density at radius 1 is 1.40 bits per heavy atom. The SMILES string of the molecule is O=c1nc(Cl)nc(Cl)[nH]1.[H-].[Na+]. The third-order valence-electron chi connectivity index (χ3n) is 0.594. The van der Waals surface area contributed by atoms with Crippen LogP contribution < -0.4 is 35.2 Å². The fraction of sp³-hybridized carbons (Fsp3) is 0. The molecule has 1 N–H and O–H groups in total. The quantitative estimate of drug-likeness (QED) is 0.463. The summed E-state index contributed by atoms with van der Waals surface area (Å²) in [4.78, 5) is 19.0. The number of halogens is 2. The molecule has 0 aliphatic carbocycles. The van der Waals surface area contributed by atoms with Crippen molar-refractivity contribution in [3.63, 3.8) is 0 Å². The summed E-state index contributed by atoms with van der Waals surface area (Å²) < 4.78 is 0. The number of rotatable bonds is 0. The molecule has 1 aromatic heterocycles. The summed E-state index contributed by atoms with van der Waals surface area (Å²) in [5.74, 6) is 0. The molecule has 1 heterocycles. The Labute approximate surface area is 89.8 Å². The van der Waals surface area contributed by atoms with Crippen LogP contribution in [0.15, 0.2) is 4.79 Å². The number of H-pyrrole nitrogens is 1. The van der Waals surface area contributed by atoms with Crippen LogP contribution >= 0.6 is 23.2 Å². The summed E-state index contributed by atoms with van der Waals surface area (Å²) in [6.45, 7) is 0. The van der Waals surface area contributed by atoms with Gasteiger partial charge in [-0.3, -0.25) is 4.98 Å². The van der Waals surface area contributed by atoms with E-state index in [1.54, 1.807) is 0 Å². The summed E-state index contributed by atoms with van der Waals surface area (Å²) in [5, 5.41) is -0.205. The van der Waals surface area contributed by atoms with E-state index in [1.807, 2.05) is 0 Å². The molecule has 0 spiro atoms. The van der Waals surface area contributed by atoms with Gasteiger partial charge in [0.15, 0.2) is 0 Å². The first-order valence-electron chi connectivity index (χ1n) is 1.98. The molecule has 0 atom stereocenters. The van der Waals surface area contributed by atoms with E-state index in [9.17, 15) is 4.79 Å². The second kappa shape index (κ2) is 4.31. The smallest absolute Gasteiger partial charge is 1.00 e. The first-order valence-corrected chi connectivity index (χ1v) is 2.73. The Kier molecular flexibility index (Phi) is 4.47. The van der Waals surface area contributed by atoms with Crippen LogP contribution in [0.5, 0.6) is 0 Å². The molecule has 0 saturated carbocycles. The van der Waals surface area contributed by atoms with Crippen LogP contribution in [-0.4, -0.2) is 15.0 Å². The Balaban J connectivity index is 0. The number of aromatic amines is 1. The largest absolute Gasteiger partial charge is 1.00 e. The molecule has 0 bridgehead atoms. The van der Waals surface area contributed by atoms with Crippen LogP contribution in [0, 0.1) is 0 Å². The summed E-state index contributed by atoms with van der Waals surface area (Å²) in [6.07, 6.45) is 0. The summed E-state index contributed by atoms with van der Waals surface area (Å²) in [7, 11) is 0. The molecule has 0 unspecified atom stereocenters. The van der Waals surface area contributed by atoms with Gasteiger partial charge in [0.2, 0.25) is 10.6 Å². The van der Waals surface area contributed by atoms with E-state index < -0.39 is 5.69 Å². The Bertz CT molecular complexity index is 256. The maximum absolute atomic E-state index is 10.3. The monoisotopic (exact) mass is 189 g/mol. The molecule has 0 aliphatic rings. The Morgan fingerprint density at radius 3 is 2.40 bits per heavy atom. The second-order valence-corrected chi connectivity index (χ2v) is 1.91. The van der Waals surface area contributed by atoms with E-state index in [4.69, 9.17) is 23.2 Å². The molecular formula is C3H2Cl2N3NaO. The van der Waals surface area contributed by atoms with E-state index in [-0.39, 0.29) is 41.6 Å². The standard InChI is InChI=1S/C3HCl2N3O.Na.H/c4-1-6-2(5)8-3(9)7-1;;/h(H,6,7,8,9);;/q;+1;-1. The minimum atomic E-state index is -0.597. The Morgan fingerprint density at radius 2 is 2.00 bits per heavy atom. The third kappa shape index (κ3) is 2.98. The third-order valence-corrected chi connectivity index (χ3v) is 0.942.